The van der Waals surface area contributed by atoms with Crippen LogP contribution in [0.3, 0.4) is 0 Å². The number of ether oxygens (including phenoxy) is 6. The monoisotopic (exact) mass is 916 g/mol. The fraction of sp³-hybridized carbons (Fsp3) is 0.635. The van der Waals surface area contributed by atoms with Gasteiger partial charge in [-0.2, -0.15) is 0 Å². The van der Waals surface area contributed by atoms with Gasteiger partial charge in [0.05, 0.1) is 36.6 Å². The summed E-state index contributed by atoms with van der Waals surface area (Å²) in [5.41, 5.74) is 0.182. The van der Waals surface area contributed by atoms with Gasteiger partial charge in [0.1, 0.15) is 31.2 Å². The third-order valence-electron chi connectivity index (χ3n) is 14.3. The van der Waals surface area contributed by atoms with Gasteiger partial charge in [0.2, 0.25) is 0 Å². The molecular formula is C52H76O10Si2. The Morgan fingerprint density at radius 3 is 2.16 bits per heavy atom. The molecule has 10 atom stereocenters. The minimum atomic E-state index is -2.67. The molecule has 12 heteroatoms. The minimum Gasteiger partial charge on any atom is -0.491 e. The van der Waals surface area contributed by atoms with Crippen molar-refractivity contribution in [2.45, 2.75) is 179 Å². The lowest BCUT2D eigenvalue weighted by atomic mass is 9.80. The number of rotatable bonds is 12. The molecule has 5 heterocycles. The first kappa shape index (κ1) is 48.8. The quantitative estimate of drug-likeness (QED) is 0.116. The number of hydrogen-bond acceptors (Lipinski definition) is 10. The van der Waals surface area contributed by atoms with Gasteiger partial charge in [-0.1, -0.05) is 143 Å². The van der Waals surface area contributed by atoms with Crippen molar-refractivity contribution >= 4 is 33.4 Å². The molecule has 0 saturated carbocycles. The molecule has 0 unspecified atom stereocenters. The Bertz CT molecular complexity index is 1930. The van der Waals surface area contributed by atoms with Crippen LogP contribution in [-0.4, -0.2) is 91.2 Å². The van der Waals surface area contributed by atoms with Crippen molar-refractivity contribution < 1.29 is 46.5 Å². The van der Waals surface area contributed by atoms with Crippen LogP contribution in [0.1, 0.15) is 115 Å². The third-order valence-corrected chi connectivity index (χ3v) is 24.5. The molecule has 0 N–H and O–H groups in total. The van der Waals surface area contributed by atoms with Crippen LogP contribution < -0.4 is 10.4 Å². The molecule has 0 amide bonds. The molecule has 2 aromatic carbocycles. The fourth-order valence-electron chi connectivity index (χ4n) is 11.4. The van der Waals surface area contributed by atoms with Gasteiger partial charge in [-0.3, -0.25) is 0 Å². The minimum absolute atomic E-state index is 0.00409. The summed E-state index contributed by atoms with van der Waals surface area (Å²) in [5.74, 6) is 0.912. The van der Waals surface area contributed by atoms with E-state index < -0.39 is 28.6 Å². The highest BCUT2D eigenvalue weighted by atomic mass is 28.4. The Hall–Kier alpha value is -3.08. The van der Waals surface area contributed by atoms with Gasteiger partial charge in [-0.05, 0) is 71.2 Å². The first-order chi connectivity index (χ1) is 30.0. The summed E-state index contributed by atoms with van der Waals surface area (Å²) < 4.78 is 58.4. The third kappa shape index (κ3) is 9.95. The zero-order valence-electron chi connectivity index (χ0n) is 40.6. The first-order valence-electron chi connectivity index (χ1n) is 23.7. The Balaban J connectivity index is 0.873. The highest BCUT2D eigenvalue weighted by Gasteiger charge is 2.65. The van der Waals surface area contributed by atoms with Crippen molar-refractivity contribution in [3.63, 3.8) is 0 Å². The van der Waals surface area contributed by atoms with E-state index in [0.717, 1.165) is 18.4 Å². The molecule has 4 fully saturated rings. The van der Waals surface area contributed by atoms with E-state index in [1.54, 1.807) is 6.08 Å². The molecule has 0 bridgehead atoms. The summed E-state index contributed by atoms with van der Waals surface area (Å²) in [6.07, 6.45) is 6.86. The van der Waals surface area contributed by atoms with E-state index in [1.165, 1.54) is 16.6 Å². The number of carbonyl (C=O) groups excluding carboxylic acids is 1. The van der Waals surface area contributed by atoms with Gasteiger partial charge in [-0.15, -0.1) is 0 Å². The second-order valence-corrected chi connectivity index (χ2v) is 31.5. The largest absolute Gasteiger partial charge is 0.514 e. The summed E-state index contributed by atoms with van der Waals surface area (Å²) in [5, 5.41) is 2.25. The maximum Gasteiger partial charge on any atom is 0.514 e. The van der Waals surface area contributed by atoms with E-state index in [0.29, 0.717) is 44.3 Å². The van der Waals surface area contributed by atoms with E-state index in [9.17, 15) is 4.79 Å². The standard InChI is InChI=1S/C52H76O10Si2/c1-35(28-39-29-37(3)47(58-39)36(2)26-27-56-63(49(4,5)6,40-20-16-14-17-21-40)41-22-18-15-19-23-41)32-55-48(53)59-38-24-25-42-43(54-33-38)30-46-52(13,61-42)31-44-45(60-46)34-57-64(62-44,50(7,8)9)51(10,11)12/h14-25,33,36-37,39,42-47H,1,26-32,34H2,2-13H3/t36-,37+,39+,42+,43-,44+,45-,46+,47+,52-/m1/s1. The molecule has 0 spiro atoms. The Kier molecular flexibility index (Phi) is 14.4. The lowest BCUT2D eigenvalue weighted by molar-refractivity contribution is -0.288. The summed E-state index contributed by atoms with van der Waals surface area (Å²) in [4.78, 5) is 13.0. The molecule has 0 radical (unpaired) electrons. The number of allylic oxidation sites excluding steroid dienone is 1. The summed E-state index contributed by atoms with van der Waals surface area (Å²) in [7, 11) is -5.29. The number of benzene rings is 2. The number of fused-ring (bicyclic) bond motifs is 3. The summed E-state index contributed by atoms with van der Waals surface area (Å²) in [6, 6.07) is 21.6. The van der Waals surface area contributed by atoms with Crippen molar-refractivity contribution in [2.75, 3.05) is 19.8 Å². The van der Waals surface area contributed by atoms with E-state index >= 15 is 0 Å². The van der Waals surface area contributed by atoms with Crippen LogP contribution >= 0.6 is 0 Å². The fourth-order valence-corrected chi connectivity index (χ4v) is 20.9. The molecule has 2 aromatic rings. The molecule has 64 heavy (non-hydrogen) atoms. The van der Waals surface area contributed by atoms with Gasteiger partial charge in [0, 0.05) is 29.5 Å². The summed E-state index contributed by atoms with van der Waals surface area (Å²) >= 11 is 0. The van der Waals surface area contributed by atoms with Gasteiger partial charge in [0.15, 0.2) is 5.76 Å². The van der Waals surface area contributed by atoms with Gasteiger partial charge >= 0.3 is 14.7 Å². The Morgan fingerprint density at radius 2 is 1.55 bits per heavy atom. The van der Waals surface area contributed by atoms with Crippen molar-refractivity contribution in [3.8, 4) is 0 Å². The average Bonchev–Trinajstić information content (AvgIpc) is 3.48. The second-order valence-electron chi connectivity index (χ2n) is 22.4. The van der Waals surface area contributed by atoms with Crippen molar-refractivity contribution in [3.05, 3.63) is 97.0 Å². The maximum atomic E-state index is 13.0. The lowest BCUT2D eigenvalue weighted by Gasteiger charge is -2.59. The lowest BCUT2D eigenvalue weighted by Crippen LogP contribution is -2.70. The SMILES string of the molecule is C=C(COC(=O)OC1=CO[C@@H]2C[C@@H]3O[C@@H]4CO[Si](C(C)(C)C)(C(C)(C)C)O[C@H]4C[C@@]3(C)O[C@H]2C=C1)C[C@H]1C[C@H](C)[C@H]([C@H](C)CCO[Si](c2ccccc2)(c2ccccc2)C(C)(C)C)O1. The number of hydrogen-bond donors (Lipinski definition) is 0. The molecule has 0 aromatic heterocycles. The Labute approximate surface area is 385 Å². The van der Waals surface area contributed by atoms with E-state index in [4.69, 9.17) is 41.7 Å². The van der Waals surface area contributed by atoms with Crippen LogP contribution in [0.25, 0.3) is 0 Å². The maximum absolute atomic E-state index is 13.0. The molecule has 7 rings (SSSR count). The van der Waals surface area contributed by atoms with Gasteiger partial charge < -0.3 is 41.7 Å². The molecular weight excluding hydrogens is 841 g/mol. The zero-order chi connectivity index (χ0) is 46.3. The summed E-state index contributed by atoms with van der Waals surface area (Å²) in [6.45, 7) is 32.4. The van der Waals surface area contributed by atoms with Crippen LogP contribution in [0, 0.1) is 11.8 Å². The van der Waals surface area contributed by atoms with Gasteiger partial charge in [0.25, 0.3) is 8.32 Å². The molecule has 4 saturated heterocycles. The van der Waals surface area contributed by atoms with Crippen molar-refractivity contribution in [2.24, 2.45) is 11.8 Å². The normalized spacial score (nSPS) is 31.0. The first-order valence-corrected chi connectivity index (χ1v) is 27.4. The smallest absolute Gasteiger partial charge is 0.491 e. The Morgan fingerprint density at radius 1 is 0.906 bits per heavy atom. The van der Waals surface area contributed by atoms with Crippen molar-refractivity contribution in [1.82, 2.24) is 0 Å². The molecule has 5 aliphatic heterocycles. The van der Waals surface area contributed by atoms with Crippen LogP contribution in [-0.2, 0) is 41.7 Å². The molecule has 352 valence electrons. The molecule has 0 aliphatic carbocycles. The van der Waals surface area contributed by atoms with E-state index in [-0.39, 0.29) is 70.2 Å². The van der Waals surface area contributed by atoms with Crippen LogP contribution in [0.4, 0.5) is 4.79 Å². The number of carbonyl (C=O) groups is 1. The predicted octanol–water partition coefficient (Wildman–Crippen LogP) is 10.4. The van der Waals surface area contributed by atoms with Crippen LogP contribution in [0.15, 0.2) is 97.0 Å². The highest BCUT2D eigenvalue weighted by molar-refractivity contribution is 6.99. The highest BCUT2D eigenvalue weighted by Crippen LogP contribution is 2.56. The zero-order valence-corrected chi connectivity index (χ0v) is 42.6. The molecule has 10 nitrogen and oxygen atoms in total. The van der Waals surface area contributed by atoms with E-state index in [1.807, 2.05) is 6.08 Å². The average molecular weight is 917 g/mol. The van der Waals surface area contributed by atoms with Crippen LogP contribution in [0.5, 0.6) is 0 Å². The van der Waals surface area contributed by atoms with Crippen LogP contribution in [0.2, 0.25) is 15.1 Å². The van der Waals surface area contributed by atoms with Gasteiger partial charge in [-0.25, -0.2) is 4.79 Å². The predicted molar refractivity (Wildman–Crippen MR) is 255 cm³/mol. The molecule has 5 aliphatic rings. The second kappa shape index (κ2) is 18.9. The topological polar surface area (TPSA) is 100 Å². The van der Waals surface area contributed by atoms with E-state index in [2.05, 4.69) is 150 Å². The van der Waals surface area contributed by atoms with Crippen molar-refractivity contribution in [1.29, 1.82) is 0 Å².